The van der Waals surface area contributed by atoms with Crippen LogP contribution in [0.25, 0.3) is 0 Å². The first-order chi connectivity index (χ1) is 9.69. The number of hydrogen-bond acceptors (Lipinski definition) is 4. The molecule has 0 saturated carbocycles. The molecular weight excluding hydrogens is 252 g/mol. The maximum Gasteiger partial charge on any atom is 0.338 e. The highest BCUT2D eigenvalue weighted by Crippen LogP contribution is 2.10. The van der Waals surface area contributed by atoms with Crippen molar-refractivity contribution in [2.24, 2.45) is 0 Å². The van der Waals surface area contributed by atoms with Crippen LogP contribution in [-0.2, 0) is 17.6 Å². The second-order valence-electron chi connectivity index (χ2n) is 4.47. The Labute approximate surface area is 118 Å². The molecule has 0 aliphatic rings. The van der Waals surface area contributed by atoms with Gasteiger partial charge in [0.1, 0.15) is 5.82 Å². The molecular formula is C16H18N2O2. The van der Waals surface area contributed by atoms with E-state index in [1.54, 1.807) is 25.1 Å². The molecule has 4 nitrogen and oxygen atoms in total. The molecule has 2 rings (SSSR count). The zero-order chi connectivity index (χ0) is 14.4. The fraction of sp³-hybridized carbons (Fsp3) is 0.250. The first-order valence-electron chi connectivity index (χ1n) is 6.66. The normalized spacial score (nSPS) is 10.2. The van der Waals surface area contributed by atoms with Gasteiger partial charge in [0.2, 0.25) is 0 Å². The van der Waals surface area contributed by atoms with Crippen molar-refractivity contribution in [2.75, 3.05) is 12.3 Å². The molecule has 20 heavy (non-hydrogen) atoms. The van der Waals surface area contributed by atoms with Crippen LogP contribution in [0.3, 0.4) is 0 Å². The topological polar surface area (TPSA) is 65.2 Å². The van der Waals surface area contributed by atoms with Gasteiger partial charge < -0.3 is 10.5 Å². The summed E-state index contributed by atoms with van der Waals surface area (Å²) in [6, 6.07) is 13.1. The lowest BCUT2D eigenvalue weighted by Crippen LogP contribution is -2.04. The lowest BCUT2D eigenvalue weighted by atomic mass is 10.1. The first-order valence-corrected chi connectivity index (χ1v) is 6.66. The number of anilines is 1. The fourth-order valence-corrected chi connectivity index (χ4v) is 1.93. The number of ether oxygens (including phenoxy) is 1. The number of benzene rings is 1. The molecule has 2 N–H and O–H groups in total. The summed E-state index contributed by atoms with van der Waals surface area (Å²) in [6.07, 6.45) is 1.68. The van der Waals surface area contributed by atoms with Gasteiger partial charge >= 0.3 is 5.97 Å². The number of carbonyl (C=O) groups excluding carboxylic acids is 1. The number of esters is 1. The van der Waals surface area contributed by atoms with Crippen molar-refractivity contribution in [2.45, 2.75) is 19.8 Å². The third kappa shape index (κ3) is 3.82. The Bertz CT molecular complexity index is 579. The van der Waals surface area contributed by atoms with Crippen molar-refractivity contribution in [1.82, 2.24) is 4.98 Å². The predicted octanol–water partition coefficient (Wildman–Crippen LogP) is 2.63. The minimum Gasteiger partial charge on any atom is -0.462 e. The quantitative estimate of drug-likeness (QED) is 0.848. The molecule has 0 saturated heterocycles. The molecule has 0 unspecified atom stereocenters. The average molecular weight is 270 g/mol. The van der Waals surface area contributed by atoms with Crippen LogP contribution in [-0.4, -0.2) is 17.6 Å². The molecule has 0 spiro atoms. The van der Waals surface area contributed by atoms with E-state index in [9.17, 15) is 4.79 Å². The molecule has 0 radical (unpaired) electrons. The number of aromatic nitrogens is 1. The SMILES string of the molecule is CCOC(=O)c1ccc(CCc2cccc(N)n2)cc1. The standard InChI is InChI=1S/C16H18N2O2/c1-2-20-16(19)13-9-6-12(7-10-13)8-11-14-4-3-5-15(17)18-14/h3-7,9-10H,2,8,11H2,1H3,(H2,17,18). The molecule has 1 aromatic heterocycles. The van der Waals surface area contributed by atoms with Gasteiger partial charge in [-0.25, -0.2) is 9.78 Å². The van der Waals surface area contributed by atoms with Crippen LogP contribution in [0.5, 0.6) is 0 Å². The highest BCUT2D eigenvalue weighted by Gasteiger charge is 2.05. The van der Waals surface area contributed by atoms with Gasteiger partial charge in [-0.3, -0.25) is 0 Å². The van der Waals surface area contributed by atoms with Crippen LogP contribution in [0.15, 0.2) is 42.5 Å². The fourth-order valence-electron chi connectivity index (χ4n) is 1.93. The predicted molar refractivity (Wildman–Crippen MR) is 78.5 cm³/mol. The van der Waals surface area contributed by atoms with Gasteiger partial charge in [-0.2, -0.15) is 0 Å². The van der Waals surface area contributed by atoms with Crippen LogP contribution in [0.1, 0.15) is 28.5 Å². The van der Waals surface area contributed by atoms with Gasteiger partial charge in [0.15, 0.2) is 0 Å². The molecule has 0 fully saturated rings. The molecule has 4 heteroatoms. The van der Waals surface area contributed by atoms with Crippen molar-refractivity contribution in [3.63, 3.8) is 0 Å². The molecule has 1 heterocycles. The molecule has 0 aliphatic carbocycles. The molecule has 2 aromatic rings. The molecule has 1 aromatic carbocycles. The lowest BCUT2D eigenvalue weighted by Gasteiger charge is -2.05. The monoisotopic (exact) mass is 270 g/mol. The third-order valence-electron chi connectivity index (χ3n) is 2.96. The summed E-state index contributed by atoms with van der Waals surface area (Å²) < 4.78 is 4.95. The average Bonchev–Trinajstić information content (AvgIpc) is 2.46. The Morgan fingerprint density at radius 3 is 2.55 bits per heavy atom. The number of hydrogen-bond donors (Lipinski definition) is 1. The minimum atomic E-state index is -0.281. The van der Waals surface area contributed by atoms with Crippen LogP contribution in [0.2, 0.25) is 0 Å². The van der Waals surface area contributed by atoms with E-state index < -0.39 is 0 Å². The summed E-state index contributed by atoms with van der Waals surface area (Å²) in [6.45, 7) is 2.19. The van der Waals surface area contributed by atoms with E-state index in [0.29, 0.717) is 18.0 Å². The van der Waals surface area contributed by atoms with Gasteiger partial charge in [-0.15, -0.1) is 0 Å². The maximum atomic E-state index is 11.5. The number of carbonyl (C=O) groups is 1. The number of nitrogen functional groups attached to an aromatic ring is 1. The van der Waals surface area contributed by atoms with Crippen LogP contribution >= 0.6 is 0 Å². The molecule has 0 bridgehead atoms. The zero-order valence-electron chi connectivity index (χ0n) is 11.5. The van der Waals surface area contributed by atoms with Crippen molar-refractivity contribution in [3.8, 4) is 0 Å². The van der Waals surface area contributed by atoms with Crippen molar-refractivity contribution < 1.29 is 9.53 Å². The van der Waals surface area contributed by atoms with E-state index in [4.69, 9.17) is 10.5 Å². The summed E-state index contributed by atoms with van der Waals surface area (Å²) in [4.78, 5) is 15.8. The second kappa shape index (κ2) is 6.70. The molecule has 104 valence electrons. The van der Waals surface area contributed by atoms with E-state index in [-0.39, 0.29) is 5.97 Å². The Kier molecular flexibility index (Phi) is 4.71. The van der Waals surface area contributed by atoms with E-state index >= 15 is 0 Å². The van der Waals surface area contributed by atoms with Crippen molar-refractivity contribution >= 4 is 11.8 Å². The Balaban J connectivity index is 1.95. The van der Waals surface area contributed by atoms with Crippen LogP contribution in [0, 0.1) is 0 Å². The number of rotatable bonds is 5. The van der Waals surface area contributed by atoms with Gasteiger partial charge in [0.25, 0.3) is 0 Å². The van der Waals surface area contributed by atoms with Crippen LogP contribution in [0.4, 0.5) is 5.82 Å². The molecule has 0 atom stereocenters. The summed E-state index contributed by atoms with van der Waals surface area (Å²) >= 11 is 0. The summed E-state index contributed by atoms with van der Waals surface area (Å²) in [7, 11) is 0. The smallest absolute Gasteiger partial charge is 0.338 e. The number of pyridine rings is 1. The molecule has 0 amide bonds. The highest BCUT2D eigenvalue weighted by atomic mass is 16.5. The Hall–Kier alpha value is -2.36. The molecule has 0 aliphatic heterocycles. The second-order valence-corrected chi connectivity index (χ2v) is 4.47. The van der Waals surface area contributed by atoms with E-state index in [0.717, 1.165) is 24.1 Å². The largest absolute Gasteiger partial charge is 0.462 e. The number of aryl methyl sites for hydroxylation is 2. The summed E-state index contributed by atoms with van der Waals surface area (Å²) in [5.41, 5.74) is 8.35. The summed E-state index contributed by atoms with van der Waals surface area (Å²) in [5, 5.41) is 0. The van der Waals surface area contributed by atoms with E-state index in [1.807, 2.05) is 24.3 Å². The van der Waals surface area contributed by atoms with E-state index in [2.05, 4.69) is 4.98 Å². The van der Waals surface area contributed by atoms with Crippen LogP contribution < -0.4 is 5.73 Å². The Morgan fingerprint density at radius 2 is 1.90 bits per heavy atom. The van der Waals surface area contributed by atoms with E-state index in [1.165, 1.54) is 0 Å². The van der Waals surface area contributed by atoms with Gasteiger partial charge in [-0.05, 0) is 49.6 Å². The lowest BCUT2D eigenvalue weighted by molar-refractivity contribution is 0.0526. The summed E-state index contributed by atoms with van der Waals surface area (Å²) in [5.74, 6) is 0.261. The van der Waals surface area contributed by atoms with Gasteiger partial charge in [0, 0.05) is 5.69 Å². The zero-order valence-corrected chi connectivity index (χ0v) is 11.5. The highest BCUT2D eigenvalue weighted by molar-refractivity contribution is 5.89. The minimum absolute atomic E-state index is 0.281. The first kappa shape index (κ1) is 14.1. The van der Waals surface area contributed by atoms with Gasteiger partial charge in [0.05, 0.1) is 12.2 Å². The number of nitrogens with two attached hydrogens (primary N) is 1. The third-order valence-corrected chi connectivity index (χ3v) is 2.96. The van der Waals surface area contributed by atoms with Crippen molar-refractivity contribution in [3.05, 3.63) is 59.3 Å². The maximum absolute atomic E-state index is 11.5. The Morgan fingerprint density at radius 1 is 1.15 bits per heavy atom. The van der Waals surface area contributed by atoms with Crippen molar-refractivity contribution in [1.29, 1.82) is 0 Å². The van der Waals surface area contributed by atoms with Gasteiger partial charge in [-0.1, -0.05) is 18.2 Å². The number of nitrogens with zero attached hydrogens (tertiary/aromatic N) is 1.